The average Bonchev–Trinajstić information content (AvgIpc) is 2.75. The number of likely N-dealkylation sites (N-methyl/N-ethyl adjacent to an activating group) is 1. The summed E-state index contributed by atoms with van der Waals surface area (Å²) in [6.45, 7) is 4.02. The Morgan fingerprint density at radius 2 is 1.67 bits per heavy atom. The highest BCUT2D eigenvalue weighted by Crippen LogP contribution is 2.14. The van der Waals surface area contributed by atoms with Gasteiger partial charge < -0.3 is 10.6 Å². The third-order valence-corrected chi connectivity index (χ3v) is 5.51. The zero-order valence-corrected chi connectivity index (χ0v) is 17.9. The molecule has 0 saturated carbocycles. The fourth-order valence-corrected chi connectivity index (χ4v) is 3.87. The Bertz CT molecular complexity index is 815. The summed E-state index contributed by atoms with van der Waals surface area (Å²) in [5.41, 5.74) is 3.05. The number of benzene rings is 2. The Hall–Kier alpha value is -2.70. The topological polar surface area (TPSA) is 64.7 Å². The maximum Gasteiger partial charge on any atom is 0.251 e. The zero-order valence-electron chi connectivity index (χ0n) is 17.9. The predicted molar refractivity (Wildman–Crippen MR) is 119 cm³/mol. The lowest BCUT2D eigenvalue weighted by Crippen LogP contribution is -2.46. The summed E-state index contributed by atoms with van der Waals surface area (Å²) in [4.78, 5) is 28.5. The molecule has 0 unspecified atom stereocenters. The third kappa shape index (κ3) is 6.68. The summed E-state index contributed by atoms with van der Waals surface area (Å²) in [5, 5.41) is 5.81. The first-order valence-electron chi connectivity index (χ1n) is 10.6. The second kappa shape index (κ2) is 10.9. The summed E-state index contributed by atoms with van der Waals surface area (Å²) in [6.07, 6.45) is 1.98. The molecular weight excluding hydrogens is 376 g/mol. The highest BCUT2D eigenvalue weighted by molar-refractivity contribution is 5.93. The van der Waals surface area contributed by atoms with Gasteiger partial charge in [-0.25, -0.2) is 0 Å². The van der Waals surface area contributed by atoms with Crippen LogP contribution in [0.5, 0.6) is 0 Å². The fraction of sp³-hybridized carbons (Fsp3) is 0.417. The lowest BCUT2D eigenvalue weighted by atomic mass is 10.0. The maximum atomic E-state index is 12.4. The molecule has 1 aliphatic rings. The Morgan fingerprint density at radius 1 is 1.00 bits per heavy atom. The van der Waals surface area contributed by atoms with Crippen LogP contribution >= 0.6 is 0 Å². The molecule has 30 heavy (non-hydrogen) atoms. The molecule has 1 heterocycles. The SMILES string of the molecule is CNC(=O)c1ccc(CN(C)CC(=O)NC2CCN(Cc3ccccc3)CC2)cc1. The van der Waals surface area contributed by atoms with Crippen LogP contribution in [0.25, 0.3) is 0 Å². The molecule has 0 aliphatic carbocycles. The number of hydrogen-bond donors (Lipinski definition) is 2. The van der Waals surface area contributed by atoms with Crippen molar-refractivity contribution in [1.29, 1.82) is 0 Å². The Balaban J connectivity index is 1.37. The minimum Gasteiger partial charge on any atom is -0.355 e. The number of nitrogens with zero attached hydrogens (tertiary/aromatic N) is 2. The van der Waals surface area contributed by atoms with Crippen LogP contribution in [0.1, 0.15) is 34.3 Å². The van der Waals surface area contributed by atoms with E-state index in [-0.39, 0.29) is 17.9 Å². The normalized spacial score (nSPS) is 15.2. The first-order valence-corrected chi connectivity index (χ1v) is 10.6. The van der Waals surface area contributed by atoms with Gasteiger partial charge in [0.25, 0.3) is 5.91 Å². The van der Waals surface area contributed by atoms with Gasteiger partial charge in [0.15, 0.2) is 0 Å². The fourth-order valence-electron chi connectivity index (χ4n) is 3.87. The highest BCUT2D eigenvalue weighted by atomic mass is 16.2. The van der Waals surface area contributed by atoms with E-state index in [1.165, 1.54) is 5.56 Å². The molecule has 2 aromatic rings. The molecule has 0 aromatic heterocycles. The van der Waals surface area contributed by atoms with Crippen molar-refractivity contribution in [2.45, 2.75) is 32.0 Å². The second-order valence-electron chi connectivity index (χ2n) is 8.05. The van der Waals surface area contributed by atoms with Gasteiger partial charge in [-0.05, 0) is 43.1 Å². The van der Waals surface area contributed by atoms with Crippen LogP contribution in [-0.4, -0.2) is 61.4 Å². The van der Waals surface area contributed by atoms with Gasteiger partial charge in [-0.1, -0.05) is 42.5 Å². The molecule has 6 heteroatoms. The number of carbonyl (C=O) groups excluding carboxylic acids is 2. The van der Waals surface area contributed by atoms with E-state index in [0.29, 0.717) is 18.7 Å². The van der Waals surface area contributed by atoms with Crippen LogP contribution in [0.2, 0.25) is 0 Å². The van der Waals surface area contributed by atoms with Crippen molar-refractivity contribution < 1.29 is 9.59 Å². The number of likely N-dealkylation sites (tertiary alicyclic amines) is 1. The molecule has 2 aromatic carbocycles. The van der Waals surface area contributed by atoms with Gasteiger partial charge in [-0.15, -0.1) is 0 Å². The van der Waals surface area contributed by atoms with Crippen molar-refractivity contribution >= 4 is 11.8 Å². The smallest absolute Gasteiger partial charge is 0.251 e. The monoisotopic (exact) mass is 408 g/mol. The van der Waals surface area contributed by atoms with Gasteiger partial charge in [-0.3, -0.25) is 19.4 Å². The minimum atomic E-state index is -0.0934. The number of hydrogen-bond acceptors (Lipinski definition) is 4. The van der Waals surface area contributed by atoms with E-state index in [2.05, 4.69) is 39.8 Å². The molecule has 1 saturated heterocycles. The van der Waals surface area contributed by atoms with E-state index in [9.17, 15) is 9.59 Å². The Morgan fingerprint density at radius 3 is 2.30 bits per heavy atom. The van der Waals surface area contributed by atoms with Gasteiger partial charge in [0.2, 0.25) is 5.91 Å². The molecule has 1 aliphatic heterocycles. The summed E-state index contributed by atoms with van der Waals surface area (Å²) in [7, 11) is 3.56. The van der Waals surface area contributed by atoms with Crippen LogP contribution in [0.4, 0.5) is 0 Å². The van der Waals surface area contributed by atoms with Crippen molar-refractivity contribution in [1.82, 2.24) is 20.4 Å². The summed E-state index contributed by atoms with van der Waals surface area (Å²) in [6, 6.07) is 18.3. The lowest BCUT2D eigenvalue weighted by molar-refractivity contribution is -0.123. The molecule has 0 spiro atoms. The molecular formula is C24H32N4O2. The molecule has 6 nitrogen and oxygen atoms in total. The van der Waals surface area contributed by atoms with Crippen LogP contribution < -0.4 is 10.6 Å². The molecule has 160 valence electrons. The third-order valence-electron chi connectivity index (χ3n) is 5.51. The Kier molecular flexibility index (Phi) is 7.99. The summed E-state index contributed by atoms with van der Waals surface area (Å²) in [5.74, 6) is -0.0231. The van der Waals surface area contributed by atoms with E-state index in [1.807, 2.05) is 42.3 Å². The van der Waals surface area contributed by atoms with Gasteiger partial charge in [-0.2, -0.15) is 0 Å². The second-order valence-corrected chi connectivity index (χ2v) is 8.05. The van der Waals surface area contributed by atoms with Gasteiger partial charge in [0.1, 0.15) is 0 Å². The van der Waals surface area contributed by atoms with Crippen molar-refractivity contribution in [3.8, 4) is 0 Å². The highest BCUT2D eigenvalue weighted by Gasteiger charge is 2.21. The number of piperidine rings is 1. The van der Waals surface area contributed by atoms with Gasteiger partial charge >= 0.3 is 0 Å². The first kappa shape index (κ1) is 22.0. The minimum absolute atomic E-state index is 0.0704. The predicted octanol–water partition coefficient (Wildman–Crippen LogP) is 2.26. The number of amides is 2. The number of carbonyl (C=O) groups is 2. The quantitative estimate of drug-likeness (QED) is 0.703. The van der Waals surface area contributed by atoms with Crippen LogP contribution in [0, 0.1) is 0 Å². The van der Waals surface area contributed by atoms with Crippen LogP contribution in [0.3, 0.4) is 0 Å². The lowest BCUT2D eigenvalue weighted by Gasteiger charge is -2.32. The summed E-state index contributed by atoms with van der Waals surface area (Å²) < 4.78 is 0. The van der Waals surface area contributed by atoms with E-state index < -0.39 is 0 Å². The number of nitrogens with one attached hydrogen (secondary N) is 2. The molecule has 0 bridgehead atoms. The maximum absolute atomic E-state index is 12.4. The largest absolute Gasteiger partial charge is 0.355 e. The summed E-state index contributed by atoms with van der Waals surface area (Å²) >= 11 is 0. The molecule has 1 fully saturated rings. The average molecular weight is 409 g/mol. The number of rotatable bonds is 8. The van der Waals surface area contributed by atoms with Crippen molar-refractivity contribution in [3.05, 3.63) is 71.3 Å². The zero-order chi connectivity index (χ0) is 21.3. The standard InChI is InChI=1S/C24H32N4O2/c1-25-24(30)21-10-8-20(9-11-21)16-27(2)18-23(29)26-22-12-14-28(15-13-22)17-19-6-4-3-5-7-19/h3-11,22H,12-18H2,1-2H3,(H,25,30)(H,26,29). The van der Waals surface area contributed by atoms with E-state index >= 15 is 0 Å². The first-order chi connectivity index (χ1) is 14.5. The van der Waals surface area contributed by atoms with E-state index in [0.717, 1.165) is 38.0 Å². The van der Waals surface area contributed by atoms with E-state index in [4.69, 9.17) is 0 Å². The molecule has 2 N–H and O–H groups in total. The van der Waals surface area contributed by atoms with Crippen molar-refractivity contribution in [3.63, 3.8) is 0 Å². The molecule has 0 radical (unpaired) electrons. The van der Waals surface area contributed by atoms with Gasteiger partial charge in [0, 0.05) is 44.8 Å². The van der Waals surface area contributed by atoms with Crippen LogP contribution in [0.15, 0.2) is 54.6 Å². The van der Waals surface area contributed by atoms with Crippen LogP contribution in [-0.2, 0) is 17.9 Å². The molecule has 3 rings (SSSR count). The van der Waals surface area contributed by atoms with Gasteiger partial charge in [0.05, 0.1) is 6.54 Å². The molecule has 0 atom stereocenters. The van der Waals surface area contributed by atoms with E-state index in [1.54, 1.807) is 7.05 Å². The Labute approximate surface area is 179 Å². The molecule has 2 amide bonds. The van der Waals surface area contributed by atoms with Crippen molar-refractivity contribution in [2.24, 2.45) is 0 Å². The van der Waals surface area contributed by atoms with Crippen molar-refractivity contribution in [2.75, 3.05) is 33.7 Å².